The summed E-state index contributed by atoms with van der Waals surface area (Å²) in [5.74, 6) is 0. The summed E-state index contributed by atoms with van der Waals surface area (Å²) in [6, 6.07) is 86.9. The summed E-state index contributed by atoms with van der Waals surface area (Å²) in [5.41, 5.74) is 10.7. The monoisotopic (exact) mass is 773 g/mol. The molecule has 0 bridgehead atoms. The highest BCUT2D eigenvalue weighted by molar-refractivity contribution is 6.23. The summed E-state index contributed by atoms with van der Waals surface area (Å²) >= 11 is 0. The summed E-state index contributed by atoms with van der Waals surface area (Å²) in [7, 11) is 0. The van der Waals surface area contributed by atoms with Crippen LogP contribution in [0.4, 0.5) is 17.1 Å². The first kappa shape index (κ1) is 35.0. The molecule has 0 aliphatic heterocycles. The molecule has 0 saturated carbocycles. The van der Waals surface area contributed by atoms with Crippen LogP contribution in [-0.2, 0) is 0 Å². The van der Waals surface area contributed by atoms with Gasteiger partial charge in [-0.1, -0.05) is 206 Å². The summed E-state index contributed by atoms with van der Waals surface area (Å²) < 4.78 is 0. The van der Waals surface area contributed by atoms with E-state index in [9.17, 15) is 0 Å². The van der Waals surface area contributed by atoms with Gasteiger partial charge in [0.2, 0.25) is 0 Å². The summed E-state index contributed by atoms with van der Waals surface area (Å²) in [4.78, 5) is 2.47. The fourth-order valence-corrected chi connectivity index (χ4v) is 9.86. The average molecular weight is 774 g/mol. The molecule has 12 rings (SSSR count). The van der Waals surface area contributed by atoms with Gasteiger partial charge in [-0.05, 0) is 123 Å². The number of anilines is 3. The van der Waals surface area contributed by atoms with Gasteiger partial charge >= 0.3 is 0 Å². The van der Waals surface area contributed by atoms with E-state index in [0.717, 1.165) is 17.1 Å². The van der Waals surface area contributed by atoms with Crippen LogP contribution in [0, 0.1) is 0 Å². The van der Waals surface area contributed by atoms with E-state index in [1.807, 2.05) is 0 Å². The van der Waals surface area contributed by atoms with Crippen LogP contribution in [0.15, 0.2) is 237 Å². The minimum atomic E-state index is 1.10. The van der Waals surface area contributed by atoms with Crippen LogP contribution < -0.4 is 4.90 Å². The smallest absolute Gasteiger partial charge is 0.0546 e. The van der Waals surface area contributed by atoms with Gasteiger partial charge < -0.3 is 4.90 Å². The van der Waals surface area contributed by atoms with Gasteiger partial charge in [0.05, 0.1) is 5.69 Å². The molecule has 1 heteroatoms. The van der Waals surface area contributed by atoms with Crippen molar-refractivity contribution in [2.24, 2.45) is 0 Å². The maximum atomic E-state index is 2.47. The molecule has 1 nitrogen and oxygen atoms in total. The zero-order valence-electron chi connectivity index (χ0n) is 33.5. The van der Waals surface area contributed by atoms with Crippen LogP contribution in [0.25, 0.3) is 98.0 Å². The minimum Gasteiger partial charge on any atom is -0.310 e. The molecule has 0 fully saturated rings. The molecular formula is C60H39N. The quantitative estimate of drug-likeness (QED) is 0.152. The Balaban J connectivity index is 1.13. The molecule has 61 heavy (non-hydrogen) atoms. The Labute approximate surface area is 355 Å². The molecule has 0 heterocycles. The molecule has 0 aliphatic rings. The Bertz CT molecular complexity index is 3630. The van der Waals surface area contributed by atoms with Gasteiger partial charge in [0.1, 0.15) is 0 Å². The Morgan fingerprint density at radius 2 is 0.705 bits per heavy atom. The molecule has 0 saturated heterocycles. The lowest BCUT2D eigenvalue weighted by Gasteiger charge is -2.29. The first-order valence-electron chi connectivity index (χ1n) is 21.1. The summed E-state index contributed by atoms with van der Waals surface area (Å²) in [6.07, 6.45) is 0. The summed E-state index contributed by atoms with van der Waals surface area (Å²) in [6.45, 7) is 0. The predicted octanol–water partition coefficient (Wildman–Crippen LogP) is 17.1. The first-order chi connectivity index (χ1) is 30.3. The van der Waals surface area contributed by atoms with E-state index in [0.29, 0.717) is 0 Å². The standard InChI is InChI=1S/C60H39N/c1-3-17-42(18-4-1)59-56-27-14-12-25-52(56)54-37-35-46(39-57(54)60(59)43-19-5-2-6-20-43)61(58-38-44-21-8-10-23-49(44)51-24-11-13-26-55(51)58)45-33-30-41(31-34-45)48-28-15-29-50-47-22-9-7-16-40(47)32-36-53(48)50/h1-39H. The summed E-state index contributed by atoms with van der Waals surface area (Å²) in [5, 5.41) is 14.9. The van der Waals surface area contributed by atoms with Crippen LogP contribution >= 0.6 is 0 Å². The van der Waals surface area contributed by atoms with E-state index in [1.165, 1.54) is 98.0 Å². The molecule has 284 valence electrons. The first-order valence-corrected chi connectivity index (χ1v) is 21.1. The van der Waals surface area contributed by atoms with E-state index in [1.54, 1.807) is 0 Å². The van der Waals surface area contributed by atoms with Gasteiger partial charge in [0, 0.05) is 16.8 Å². The maximum absolute atomic E-state index is 2.47. The molecule has 12 aromatic rings. The molecule has 0 aromatic heterocycles. The fourth-order valence-electron chi connectivity index (χ4n) is 9.86. The van der Waals surface area contributed by atoms with Crippen molar-refractivity contribution in [3.8, 4) is 33.4 Å². The van der Waals surface area contributed by atoms with Crippen LogP contribution in [-0.4, -0.2) is 0 Å². The Morgan fingerprint density at radius 3 is 1.41 bits per heavy atom. The molecule has 0 N–H and O–H groups in total. The predicted molar refractivity (Wildman–Crippen MR) is 262 cm³/mol. The molecule has 0 aliphatic carbocycles. The van der Waals surface area contributed by atoms with Gasteiger partial charge in [-0.3, -0.25) is 0 Å². The second-order valence-corrected chi connectivity index (χ2v) is 16.0. The van der Waals surface area contributed by atoms with Crippen molar-refractivity contribution in [3.63, 3.8) is 0 Å². The van der Waals surface area contributed by atoms with Crippen molar-refractivity contribution in [2.45, 2.75) is 0 Å². The lowest BCUT2D eigenvalue weighted by molar-refractivity contribution is 1.31. The molecule has 0 unspecified atom stereocenters. The van der Waals surface area contributed by atoms with E-state index in [-0.39, 0.29) is 0 Å². The van der Waals surface area contributed by atoms with Crippen molar-refractivity contribution in [2.75, 3.05) is 4.90 Å². The minimum absolute atomic E-state index is 1.10. The van der Waals surface area contributed by atoms with Crippen molar-refractivity contribution in [1.29, 1.82) is 0 Å². The van der Waals surface area contributed by atoms with E-state index in [4.69, 9.17) is 0 Å². The molecule has 0 spiro atoms. The molecular weight excluding hydrogens is 735 g/mol. The van der Waals surface area contributed by atoms with Crippen molar-refractivity contribution in [3.05, 3.63) is 237 Å². The van der Waals surface area contributed by atoms with Crippen LogP contribution in [0.1, 0.15) is 0 Å². The van der Waals surface area contributed by atoms with Crippen molar-refractivity contribution in [1.82, 2.24) is 0 Å². The zero-order chi connectivity index (χ0) is 40.3. The Morgan fingerprint density at radius 1 is 0.230 bits per heavy atom. The van der Waals surface area contributed by atoms with Gasteiger partial charge in [0.15, 0.2) is 0 Å². The number of nitrogens with zero attached hydrogens (tertiary/aromatic N) is 1. The lowest BCUT2D eigenvalue weighted by Crippen LogP contribution is -2.11. The number of rotatable bonds is 6. The maximum Gasteiger partial charge on any atom is 0.0546 e. The van der Waals surface area contributed by atoms with Gasteiger partial charge in [-0.25, -0.2) is 0 Å². The molecule has 0 amide bonds. The number of benzene rings is 12. The Kier molecular flexibility index (Phi) is 8.25. The largest absolute Gasteiger partial charge is 0.310 e. The topological polar surface area (TPSA) is 3.24 Å². The average Bonchev–Trinajstić information content (AvgIpc) is 3.34. The highest BCUT2D eigenvalue weighted by atomic mass is 15.1. The lowest BCUT2D eigenvalue weighted by atomic mass is 9.85. The highest BCUT2D eigenvalue weighted by Crippen LogP contribution is 2.48. The third-order valence-corrected chi connectivity index (χ3v) is 12.6. The van der Waals surface area contributed by atoms with E-state index < -0.39 is 0 Å². The number of fused-ring (bicyclic) bond motifs is 9. The molecule has 0 atom stereocenters. The second-order valence-electron chi connectivity index (χ2n) is 16.0. The SMILES string of the molecule is c1ccc(-c2c(-c3ccccc3)c3cc(N(c4ccc(-c5cccc6c5ccc5ccccc56)cc4)c4cc5ccccc5c5ccccc45)ccc3c3ccccc23)cc1. The normalized spacial score (nSPS) is 11.6. The second kappa shape index (κ2) is 14.4. The Hall–Kier alpha value is -8.00. The van der Waals surface area contributed by atoms with Crippen LogP contribution in [0.5, 0.6) is 0 Å². The molecule has 0 radical (unpaired) electrons. The third kappa shape index (κ3) is 5.78. The van der Waals surface area contributed by atoms with Crippen molar-refractivity contribution >= 4 is 81.7 Å². The van der Waals surface area contributed by atoms with Gasteiger partial charge in [-0.15, -0.1) is 0 Å². The van der Waals surface area contributed by atoms with Crippen LogP contribution in [0.2, 0.25) is 0 Å². The van der Waals surface area contributed by atoms with Gasteiger partial charge in [0.25, 0.3) is 0 Å². The molecule has 12 aromatic carbocycles. The third-order valence-electron chi connectivity index (χ3n) is 12.6. The number of hydrogen-bond acceptors (Lipinski definition) is 1. The van der Waals surface area contributed by atoms with Crippen molar-refractivity contribution < 1.29 is 0 Å². The van der Waals surface area contributed by atoms with E-state index >= 15 is 0 Å². The van der Waals surface area contributed by atoms with Gasteiger partial charge in [-0.2, -0.15) is 0 Å². The van der Waals surface area contributed by atoms with Crippen LogP contribution in [0.3, 0.4) is 0 Å². The number of hydrogen-bond donors (Lipinski definition) is 0. The zero-order valence-corrected chi connectivity index (χ0v) is 33.5. The van der Waals surface area contributed by atoms with E-state index in [2.05, 4.69) is 241 Å². The fraction of sp³-hybridized carbons (Fsp3) is 0. The highest BCUT2D eigenvalue weighted by Gasteiger charge is 2.22.